The molecule has 0 aromatic heterocycles. The lowest BCUT2D eigenvalue weighted by atomic mass is 10.2. The number of hydrogen-bond donors (Lipinski definition) is 1. The highest BCUT2D eigenvalue weighted by molar-refractivity contribution is 7.68. The van der Waals surface area contributed by atoms with E-state index in [2.05, 4.69) is 0 Å². The molecule has 0 atom stereocenters. The Labute approximate surface area is 63.1 Å². The molecule has 0 bridgehead atoms. The van der Waals surface area contributed by atoms with Gasteiger partial charge in [-0.1, -0.05) is 13.3 Å². The van der Waals surface area contributed by atoms with E-state index in [4.69, 9.17) is 5.11 Å². The molecule has 0 radical (unpaired) electrons. The molecule has 0 heterocycles. The molecule has 0 aromatic rings. The summed E-state index contributed by atoms with van der Waals surface area (Å²) < 4.78 is 10.1. The smallest absolute Gasteiger partial charge is 0.344 e. The lowest BCUT2D eigenvalue weighted by Gasteiger charge is -1.92. The molecule has 0 amide bonds. The van der Waals surface area contributed by atoms with E-state index < -0.39 is 5.97 Å². The first-order valence-electron chi connectivity index (χ1n) is 3.11. The average molecular weight is 162 g/mol. The number of aliphatic carboxylic acids is 1. The predicted molar refractivity (Wildman–Crippen MR) is 40.3 cm³/mol. The number of unbranched alkanes of at least 4 members (excludes halogenated alkanes) is 1. The second kappa shape index (κ2) is 5.17. The van der Waals surface area contributed by atoms with Crippen molar-refractivity contribution in [3.63, 3.8) is 0 Å². The van der Waals surface area contributed by atoms with Crippen molar-refractivity contribution in [2.75, 3.05) is 0 Å². The van der Waals surface area contributed by atoms with E-state index in [0.717, 1.165) is 12.8 Å². The average Bonchev–Trinajstić information content (AvgIpc) is 1.89. The topological polar surface area (TPSA) is 54.4 Å². The Kier molecular flexibility index (Phi) is 4.84. The van der Waals surface area contributed by atoms with Crippen LogP contribution in [0.5, 0.6) is 0 Å². The predicted octanol–water partition coefficient (Wildman–Crippen LogP) is 0.647. The van der Waals surface area contributed by atoms with Gasteiger partial charge in [0, 0.05) is 0 Å². The summed E-state index contributed by atoms with van der Waals surface area (Å²) in [6, 6.07) is 0. The van der Waals surface area contributed by atoms with Gasteiger partial charge in [0.15, 0.2) is 0 Å². The zero-order valence-corrected chi connectivity index (χ0v) is 6.61. The van der Waals surface area contributed by atoms with Crippen LogP contribution >= 0.6 is 0 Å². The van der Waals surface area contributed by atoms with Crippen molar-refractivity contribution in [1.29, 1.82) is 0 Å². The maximum atomic E-state index is 10.2. The highest BCUT2D eigenvalue weighted by Gasteiger charge is 2.06. The van der Waals surface area contributed by atoms with Gasteiger partial charge < -0.3 is 5.11 Å². The van der Waals surface area contributed by atoms with Crippen molar-refractivity contribution in [3.8, 4) is 0 Å². The summed E-state index contributed by atoms with van der Waals surface area (Å²) in [6.45, 7) is 1.95. The van der Waals surface area contributed by atoms with E-state index >= 15 is 0 Å². The van der Waals surface area contributed by atoms with Crippen molar-refractivity contribution >= 4 is 22.1 Å². The van der Waals surface area contributed by atoms with E-state index in [1.54, 1.807) is 0 Å². The van der Waals surface area contributed by atoms with Crippen LogP contribution in [-0.2, 0) is 16.1 Å². The molecule has 1 N–H and O–H groups in total. The summed E-state index contributed by atoms with van der Waals surface area (Å²) in [7, 11) is 0. The molecule has 0 aromatic carbocycles. The number of carboxylic acids is 1. The number of carboxylic acid groups (broad SMARTS) is 1. The van der Waals surface area contributed by atoms with Crippen LogP contribution in [0.3, 0.4) is 0 Å². The minimum Gasteiger partial charge on any atom is -0.477 e. The van der Waals surface area contributed by atoms with Gasteiger partial charge in [0.25, 0.3) is 0 Å². The van der Waals surface area contributed by atoms with Crippen LogP contribution in [0.15, 0.2) is 0 Å². The van der Waals surface area contributed by atoms with Gasteiger partial charge in [0.1, 0.15) is 4.86 Å². The van der Waals surface area contributed by atoms with Gasteiger partial charge in [-0.05, 0) is 12.8 Å². The molecule has 0 spiro atoms. The van der Waals surface area contributed by atoms with Crippen LogP contribution in [-0.4, -0.2) is 20.1 Å². The van der Waals surface area contributed by atoms with E-state index in [0.29, 0.717) is 6.42 Å². The van der Waals surface area contributed by atoms with Gasteiger partial charge in [-0.3, -0.25) is 0 Å². The van der Waals surface area contributed by atoms with Gasteiger partial charge in [-0.25, -0.2) is 9.00 Å². The fourth-order valence-corrected chi connectivity index (χ4v) is 0.821. The third-order valence-corrected chi connectivity index (χ3v) is 1.68. The van der Waals surface area contributed by atoms with Gasteiger partial charge >= 0.3 is 5.97 Å². The summed E-state index contributed by atoms with van der Waals surface area (Å²) in [5.41, 5.74) is 0. The molecular weight excluding hydrogens is 152 g/mol. The van der Waals surface area contributed by atoms with Crippen molar-refractivity contribution in [2.45, 2.75) is 26.2 Å². The highest BCUT2D eigenvalue weighted by Crippen LogP contribution is 1.94. The Bertz CT molecular complexity index is 170. The molecule has 0 aliphatic carbocycles. The quantitative estimate of drug-likeness (QED) is 0.617. The molecule has 10 heavy (non-hydrogen) atoms. The third-order valence-electron chi connectivity index (χ3n) is 1.10. The molecule has 4 heteroatoms. The Morgan fingerprint density at radius 3 is 2.50 bits per heavy atom. The number of hydrogen-bond acceptors (Lipinski definition) is 2. The summed E-state index contributed by atoms with van der Waals surface area (Å²) >= 11 is 0.0851. The Balaban J connectivity index is 3.87. The molecule has 0 saturated heterocycles. The lowest BCUT2D eigenvalue weighted by molar-refractivity contribution is -0.129. The first-order valence-corrected chi connectivity index (χ1v) is 3.85. The number of carbonyl (C=O) groups is 1. The van der Waals surface area contributed by atoms with E-state index in [9.17, 15) is 9.00 Å². The van der Waals surface area contributed by atoms with E-state index in [1.807, 2.05) is 6.92 Å². The Morgan fingerprint density at radius 1 is 1.60 bits per heavy atom. The van der Waals surface area contributed by atoms with Gasteiger partial charge in [0.2, 0.25) is 0 Å². The van der Waals surface area contributed by atoms with Crippen LogP contribution < -0.4 is 0 Å². The zero-order chi connectivity index (χ0) is 7.98. The number of rotatable bonds is 4. The normalized spacial score (nSPS) is 8.90. The maximum Gasteiger partial charge on any atom is 0.344 e. The molecule has 0 rings (SSSR count). The van der Waals surface area contributed by atoms with E-state index in [1.165, 1.54) is 0 Å². The van der Waals surface area contributed by atoms with Crippen molar-refractivity contribution in [1.82, 2.24) is 0 Å². The van der Waals surface area contributed by atoms with Gasteiger partial charge in [-0.15, -0.1) is 0 Å². The molecule has 58 valence electrons. The molecule has 0 unspecified atom stereocenters. The van der Waals surface area contributed by atoms with Crippen LogP contribution in [0.4, 0.5) is 0 Å². The van der Waals surface area contributed by atoms with Crippen molar-refractivity contribution in [3.05, 3.63) is 0 Å². The van der Waals surface area contributed by atoms with E-state index in [-0.39, 0.29) is 16.1 Å². The van der Waals surface area contributed by atoms with Crippen LogP contribution in [0.1, 0.15) is 26.2 Å². The second-order valence-electron chi connectivity index (χ2n) is 1.92. The van der Waals surface area contributed by atoms with Crippen molar-refractivity contribution < 1.29 is 14.1 Å². The summed E-state index contributed by atoms with van der Waals surface area (Å²) in [5, 5.41) is 8.34. The third kappa shape index (κ3) is 3.40. The van der Waals surface area contributed by atoms with Crippen LogP contribution in [0.25, 0.3) is 0 Å². The first-order chi connectivity index (χ1) is 4.72. The Hall–Kier alpha value is -0.640. The molecule has 0 fully saturated rings. The lowest BCUT2D eigenvalue weighted by Crippen LogP contribution is -2.11. The largest absolute Gasteiger partial charge is 0.477 e. The molecular formula is C6H10O3S. The Morgan fingerprint density at radius 2 is 2.20 bits per heavy atom. The second-order valence-corrected chi connectivity index (χ2v) is 2.57. The SMILES string of the molecule is CCCCC(=S=O)C(=O)O. The highest BCUT2D eigenvalue weighted by atomic mass is 32.1. The minimum atomic E-state index is -1.08. The van der Waals surface area contributed by atoms with Gasteiger partial charge in [-0.2, -0.15) is 0 Å². The van der Waals surface area contributed by atoms with Crippen LogP contribution in [0, 0.1) is 0 Å². The van der Waals surface area contributed by atoms with Gasteiger partial charge in [0.05, 0.1) is 11.3 Å². The fourth-order valence-electron chi connectivity index (χ4n) is 0.522. The summed E-state index contributed by atoms with van der Waals surface area (Å²) in [6.07, 6.45) is 2.09. The molecule has 3 nitrogen and oxygen atoms in total. The van der Waals surface area contributed by atoms with Crippen molar-refractivity contribution in [2.24, 2.45) is 0 Å². The minimum absolute atomic E-state index is 0.0156. The maximum absolute atomic E-state index is 10.2. The summed E-state index contributed by atoms with van der Waals surface area (Å²) in [5.74, 6) is -1.08. The zero-order valence-electron chi connectivity index (χ0n) is 5.79. The fraction of sp³-hybridized carbons (Fsp3) is 0.667. The molecule has 0 aliphatic heterocycles. The monoisotopic (exact) mass is 162 g/mol. The first kappa shape index (κ1) is 9.36. The molecule has 0 saturated carbocycles. The van der Waals surface area contributed by atoms with Crippen LogP contribution in [0.2, 0.25) is 0 Å². The standard InChI is InChI=1S/C6H10O3S/c1-2-3-4-5(10-9)6(7)8/h2-4H2,1H3,(H,7,8). The molecule has 0 aliphatic rings. The summed E-state index contributed by atoms with van der Waals surface area (Å²) in [4.78, 5) is 10.2.